The Morgan fingerprint density at radius 3 is 2.60 bits per heavy atom. The fraction of sp³-hybridized carbons (Fsp3) is 0.0714. The van der Waals surface area contributed by atoms with Gasteiger partial charge in [0.25, 0.3) is 0 Å². The zero-order valence-electron chi connectivity index (χ0n) is 10.8. The van der Waals surface area contributed by atoms with E-state index in [1.165, 1.54) is 0 Å². The molecule has 0 saturated carbocycles. The second kappa shape index (κ2) is 4.94. The van der Waals surface area contributed by atoms with Crippen LogP contribution in [0.5, 0.6) is 0 Å². The number of nitrogen functional groups attached to an aromatic ring is 1. The minimum atomic E-state index is 0.537. The maximum atomic E-state index is 6.12. The normalized spacial score (nSPS) is 10.7. The van der Waals surface area contributed by atoms with Crippen LogP contribution in [0.15, 0.2) is 42.7 Å². The average Bonchev–Trinajstić information content (AvgIpc) is 2.76. The molecule has 2 N–H and O–H groups in total. The van der Waals surface area contributed by atoms with E-state index in [0.717, 1.165) is 11.1 Å². The molecule has 0 fully saturated rings. The summed E-state index contributed by atoms with van der Waals surface area (Å²) in [5.74, 6) is 1.09. The van der Waals surface area contributed by atoms with Crippen molar-refractivity contribution in [1.82, 2.24) is 19.7 Å². The molecule has 0 bridgehead atoms. The molecule has 6 heteroatoms. The van der Waals surface area contributed by atoms with Crippen molar-refractivity contribution in [2.75, 3.05) is 5.73 Å². The topological polar surface area (TPSA) is 69.6 Å². The number of hydrogen-bond acceptors (Lipinski definition) is 4. The van der Waals surface area contributed by atoms with E-state index in [4.69, 9.17) is 17.3 Å². The van der Waals surface area contributed by atoms with Crippen molar-refractivity contribution in [2.45, 2.75) is 0 Å². The quantitative estimate of drug-likeness (QED) is 0.786. The smallest absolute Gasteiger partial charge is 0.180 e. The summed E-state index contributed by atoms with van der Waals surface area (Å²) < 4.78 is 1.61. The molecule has 0 spiro atoms. The van der Waals surface area contributed by atoms with Gasteiger partial charge in [-0.2, -0.15) is 5.10 Å². The molecule has 0 aliphatic rings. The molecule has 3 rings (SSSR count). The number of aromatic nitrogens is 4. The molecule has 0 radical (unpaired) electrons. The fourth-order valence-electron chi connectivity index (χ4n) is 2.04. The first-order valence-electron chi connectivity index (χ1n) is 6.02. The van der Waals surface area contributed by atoms with Crippen molar-refractivity contribution in [2.24, 2.45) is 7.05 Å². The number of nitrogens with two attached hydrogens (primary N) is 1. The van der Waals surface area contributed by atoms with Crippen molar-refractivity contribution in [1.29, 1.82) is 0 Å². The molecule has 1 aromatic carbocycles. The van der Waals surface area contributed by atoms with Crippen LogP contribution < -0.4 is 5.73 Å². The van der Waals surface area contributed by atoms with Crippen LogP contribution in [0, 0.1) is 0 Å². The molecule has 0 unspecified atom stereocenters. The third kappa shape index (κ3) is 2.12. The lowest BCUT2D eigenvalue weighted by atomic mass is 10.1. The highest BCUT2D eigenvalue weighted by molar-refractivity contribution is 6.30. The molecule has 100 valence electrons. The molecule has 0 aliphatic heterocycles. The predicted molar refractivity (Wildman–Crippen MR) is 79.1 cm³/mol. The van der Waals surface area contributed by atoms with E-state index in [9.17, 15) is 0 Å². The van der Waals surface area contributed by atoms with Gasteiger partial charge in [0.15, 0.2) is 5.82 Å². The summed E-state index contributed by atoms with van der Waals surface area (Å²) in [6, 6.07) is 9.23. The molecular formula is C14H12ClN5. The minimum Gasteiger partial charge on any atom is -0.383 e. The first-order valence-corrected chi connectivity index (χ1v) is 6.40. The maximum absolute atomic E-state index is 6.12. The lowest BCUT2D eigenvalue weighted by Crippen LogP contribution is -1.97. The zero-order valence-corrected chi connectivity index (χ0v) is 11.5. The lowest BCUT2D eigenvalue weighted by molar-refractivity contribution is 0.780. The fourth-order valence-corrected chi connectivity index (χ4v) is 2.23. The first-order chi connectivity index (χ1) is 9.66. The van der Waals surface area contributed by atoms with Crippen LogP contribution >= 0.6 is 11.6 Å². The van der Waals surface area contributed by atoms with Gasteiger partial charge in [0.1, 0.15) is 11.5 Å². The van der Waals surface area contributed by atoms with Gasteiger partial charge in [-0.3, -0.25) is 4.68 Å². The van der Waals surface area contributed by atoms with Crippen LogP contribution in [-0.2, 0) is 7.05 Å². The summed E-state index contributed by atoms with van der Waals surface area (Å²) in [6.07, 6.45) is 3.35. The summed E-state index contributed by atoms with van der Waals surface area (Å²) >= 11 is 6.05. The lowest BCUT2D eigenvalue weighted by Gasteiger charge is -2.04. The summed E-state index contributed by atoms with van der Waals surface area (Å²) in [4.78, 5) is 8.47. The molecule has 3 aromatic rings. The number of hydrogen-bond donors (Lipinski definition) is 1. The van der Waals surface area contributed by atoms with E-state index in [-0.39, 0.29) is 0 Å². The van der Waals surface area contributed by atoms with Crippen molar-refractivity contribution >= 4 is 17.4 Å². The Bertz CT molecular complexity index is 752. The number of anilines is 1. The van der Waals surface area contributed by atoms with E-state index in [1.807, 2.05) is 24.3 Å². The highest BCUT2D eigenvalue weighted by atomic mass is 35.5. The standard InChI is InChI=1S/C14H12ClN5/c1-20-13(16)11(9-4-2-5-10(15)8-9)12(19-20)14-17-6-3-7-18-14/h2-8H,16H2,1H3. The summed E-state index contributed by atoms with van der Waals surface area (Å²) in [5, 5.41) is 5.05. The van der Waals surface area contributed by atoms with Gasteiger partial charge < -0.3 is 5.73 Å². The molecule has 5 nitrogen and oxygen atoms in total. The van der Waals surface area contributed by atoms with E-state index < -0.39 is 0 Å². The molecule has 0 aliphatic carbocycles. The second-order valence-electron chi connectivity index (χ2n) is 4.32. The van der Waals surface area contributed by atoms with Crippen LogP contribution in [0.1, 0.15) is 0 Å². The summed E-state index contributed by atoms with van der Waals surface area (Å²) in [6.45, 7) is 0. The Labute approximate surface area is 121 Å². The first kappa shape index (κ1) is 12.6. The van der Waals surface area contributed by atoms with Gasteiger partial charge in [0.05, 0.1) is 5.56 Å². The Morgan fingerprint density at radius 1 is 1.15 bits per heavy atom. The van der Waals surface area contributed by atoms with E-state index >= 15 is 0 Å². The number of halogens is 1. The average molecular weight is 286 g/mol. The van der Waals surface area contributed by atoms with E-state index in [2.05, 4.69) is 15.1 Å². The second-order valence-corrected chi connectivity index (χ2v) is 4.75. The Hall–Kier alpha value is -2.40. The number of aryl methyl sites for hydroxylation is 1. The summed E-state index contributed by atoms with van der Waals surface area (Å²) in [5.41, 5.74) is 8.46. The van der Waals surface area contributed by atoms with Gasteiger partial charge in [-0.1, -0.05) is 23.7 Å². The maximum Gasteiger partial charge on any atom is 0.180 e. The zero-order chi connectivity index (χ0) is 14.1. The van der Waals surface area contributed by atoms with Gasteiger partial charge in [-0.15, -0.1) is 0 Å². The Balaban J connectivity index is 2.25. The van der Waals surface area contributed by atoms with Crippen molar-refractivity contribution < 1.29 is 0 Å². The van der Waals surface area contributed by atoms with Crippen molar-refractivity contribution in [3.63, 3.8) is 0 Å². The van der Waals surface area contributed by atoms with Crippen LogP contribution in [0.3, 0.4) is 0 Å². The Kier molecular flexibility index (Phi) is 3.12. The van der Waals surface area contributed by atoms with Crippen molar-refractivity contribution in [3.05, 3.63) is 47.7 Å². The molecule has 20 heavy (non-hydrogen) atoms. The van der Waals surface area contributed by atoms with E-state index in [0.29, 0.717) is 22.4 Å². The molecule has 0 saturated heterocycles. The van der Waals surface area contributed by atoms with Crippen LogP contribution in [0.2, 0.25) is 5.02 Å². The van der Waals surface area contributed by atoms with E-state index in [1.54, 1.807) is 30.2 Å². The molecule has 2 heterocycles. The molecular weight excluding hydrogens is 274 g/mol. The predicted octanol–water partition coefficient (Wildman–Crippen LogP) is 2.78. The number of nitrogens with zero attached hydrogens (tertiary/aromatic N) is 4. The van der Waals surface area contributed by atoms with Gasteiger partial charge in [0, 0.05) is 24.5 Å². The van der Waals surface area contributed by atoms with Gasteiger partial charge in [-0.25, -0.2) is 9.97 Å². The third-order valence-corrected chi connectivity index (χ3v) is 3.22. The third-order valence-electron chi connectivity index (χ3n) is 2.98. The van der Waals surface area contributed by atoms with Crippen LogP contribution in [0.4, 0.5) is 5.82 Å². The summed E-state index contributed by atoms with van der Waals surface area (Å²) in [7, 11) is 1.79. The van der Waals surface area contributed by atoms with Gasteiger partial charge in [-0.05, 0) is 23.8 Å². The molecule has 0 atom stereocenters. The highest BCUT2D eigenvalue weighted by Crippen LogP contribution is 2.35. The SMILES string of the molecule is Cn1nc(-c2ncccn2)c(-c2cccc(Cl)c2)c1N. The Morgan fingerprint density at radius 2 is 1.90 bits per heavy atom. The molecule has 0 amide bonds. The number of rotatable bonds is 2. The largest absolute Gasteiger partial charge is 0.383 e. The monoisotopic (exact) mass is 285 g/mol. The number of benzene rings is 1. The highest BCUT2D eigenvalue weighted by Gasteiger charge is 2.19. The van der Waals surface area contributed by atoms with Gasteiger partial charge in [0.2, 0.25) is 0 Å². The minimum absolute atomic E-state index is 0.537. The molecule has 2 aromatic heterocycles. The van der Waals surface area contributed by atoms with Crippen LogP contribution in [0.25, 0.3) is 22.6 Å². The van der Waals surface area contributed by atoms with Crippen LogP contribution in [-0.4, -0.2) is 19.7 Å². The van der Waals surface area contributed by atoms with Gasteiger partial charge >= 0.3 is 0 Å². The van der Waals surface area contributed by atoms with Crippen molar-refractivity contribution in [3.8, 4) is 22.6 Å².